The predicted molar refractivity (Wildman–Crippen MR) is 62.1 cm³/mol. The Morgan fingerprint density at radius 1 is 1.53 bits per heavy atom. The predicted octanol–water partition coefficient (Wildman–Crippen LogP) is 0.422. The Bertz CT molecular complexity index is 326. The van der Waals surface area contributed by atoms with E-state index in [-0.39, 0.29) is 24.0 Å². The van der Waals surface area contributed by atoms with Gasteiger partial charge in [-0.25, -0.2) is 0 Å². The molecule has 0 radical (unpaired) electrons. The molecule has 0 aromatic heterocycles. The number of hydrogen-bond donors (Lipinski definition) is 1. The molecule has 5 nitrogen and oxygen atoms in total. The molecule has 2 fully saturated rings. The highest BCUT2D eigenvalue weighted by Gasteiger charge is 2.52. The second-order valence-corrected chi connectivity index (χ2v) is 4.95. The third-order valence-electron chi connectivity index (χ3n) is 3.73. The number of rotatable bonds is 3. The van der Waals surface area contributed by atoms with Gasteiger partial charge < -0.3 is 15.4 Å². The molecule has 2 N–H and O–H groups in total. The minimum Gasteiger partial charge on any atom is -0.465 e. The summed E-state index contributed by atoms with van der Waals surface area (Å²) in [5.74, 6) is -0.422. The van der Waals surface area contributed by atoms with Crippen LogP contribution in [0.4, 0.5) is 0 Å². The summed E-state index contributed by atoms with van der Waals surface area (Å²) in [7, 11) is 0. The van der Waals surface area contributed by atoms with Gasteiger partial charge >= 0.3 is 5.97 Å². The number of carbonyl (C=O) groups is 2. The summed E-state index contributed by atoms with van der Waals surface area (Å²) in [6.45, 7) is 2.17. The monoisotopic (exact) mass is 240 g/mol. The van der Waals surface area contributed by atoms with Gasteiger partial charge in [0.25, 0.3) is 0 Å². The maximum atomic E-state index is 12.1. The Hall–Kier alpha value is -1.10. The lowest BCUT2D eigenvalue weighted by molar-refractivity contribution is -0.151. The largest absolute Gasteiger partial charge is 0.465 e. The topological polar surface area (TPSA) is 72.6 Å². The Morgan fingerprint density at radius 3 is 2.82 bits per heavy atom. The van der Waals surface area contributed by atoms with Crippen molar-refractivity contribution in [2.24, 2.45) is 5.73 Å². The zero-order chi connectivity index (χ0) is 12.5. The fraction of sp³-hybridized carbons (Fsp3) is 0.833. The standard InChI is InChI=1S/C12H20N2O3/c1-2-17-10(15)8-14-11(16)9(13)4-3-5-12(14)6-7-12/h9H,2-8,13H2,1H3/t9-/m0/s1. The van der Waals surface area contributed by atoms with Gasteiger partial charge in [-0.1, -0.05) is 0 Å². The molecule has 1 aliphatic carbocycles. The summed E-state index contributed by atoms with van der Waals surface area (Å²) in [5.41, 5.74) is 5.74. The lowest BCUT2D eigenvalue weighted by Gasteiger charge is -2.30. The summed E-state index contributed by atoms with van der Waals surface area (Å²) in [5, 5.41) is 0. The molecule has 5 heteroatoms. The van der Waals surface area contributed by atoms with Crippen molar-refractivity contribution in [3.63, 3.8) is 0 Å². The average molecular weight is 240 g/mol. The van der Waals surface area contributed by atoms with Crippen LogP contribution in [0.5, 0.6) is 0 Å². The van der Waals surface area contributed by atoms with Crippen LogP contribution in [-0.4, -0.2) is 41.5 Å². The van der Waals surface area contributed by atoms with Crippen molar-refractivity contribution < 1.29 is 14.3 Å². The zero-order valence-electron chi connectivity index (χ0n) is 10.3. The first-order valence-electron chi connectivity index (χ1n) is 6.32. The van der Waals surface area contributed by atoms with E-state index in [4.69, 9.17) is 10.5 Å². The Labute approximate surface area is 101 Å². The summed E-state index contributed by atoms with van der Waals surface area (Å²) in [6.07, 6.45) is 4.63. The molecule has 2 rings (SSSR count). The van der Waals surface area contributed by atoms with Gasteiger partial charge in [-0.05, 0) is 39.0 Å². The number of likely N-dealkylation sites (tertiary alicyclic amines) is 1. The molecule has 1 saturated carbocycles. The van der Waals surface area contributed by atoms with Crippen molar-refractivity contribution in [2.45, 2.75) is 50.6 Å². The van der Waals surface area contributed by atoms with Gasteiger partial charge in [0, 0.05) is 5.54 Å². The van der Waals surface area contributed by atoms with E-state index in [9.17, 15) is 9.59 Å². The first-order valence-corrected chi connectivity index (χ1v) is 6.32. The number of esters is 1. The summed E-state index contributed by atoms with van der Waals surface area (Å²) in [4.78, 5) is 25.3. The first-order chi connectivity index (χ1) is 8.09. The number of ether oxygens (including phenoxy) is 1. The molecule has 0 unspecified atom stereocenters. The van der Waals surface area contributed by atoms with Crippen LogP contribution in [0.2, 0.25) is 0 Å². The lowest BCUT2D eigenvalue weighted by Crippen LogP contribution is -2.50. The van der Waals surface area contributed by atoms with E-state index >= 15 is 0 Å². The van der Waals surface area contributed by atoms with Crippen molar-refractivity contribution in [2.75, 3.05) is 13.2 Å². The maximum Gasteiger partial charge on any atom is 0.325 e. The van der Waals surface area contributed by atoms with E-state index in [1.165, 1.54) is 0 Å². The van der Waals surface area contributed by atoms with Crippen LogP contribution in [0.3, 0.4) is 0 Å². The molecule has 2 aliphatic rings. The van der Waals surface area contributed by atoms with E-state index in [1.54, 1.807) is 11.8 Å². The number of carbonyl (C=O) groups excluding carboxylic acids is 2. The van der Waals surface area contributed by atoms with Gasteiger partial charge in [0.15, 0.2) is 0 Å². The van der Waals surface area contributed by atoms with Crippen LogP contribution in [-0.2, 0) is 14.3 Å². The molecule has 17 heavy (non-hydrogen) atoms. The normalized spacial score (nSPS) is 26.8. The number of nitrogens with zero attached hydrogens (tertiary/aromatic N) is 1. The molecule has 1 heterocycles. The first kappa shape index (κ1) is 12.4. The quantitative estimate of drug-likeness (QED) is 0.726. The van der Waals surface area contributed by atoms with Crippen LogP contribution in [0.15, 0.2) is 0 Å². The minimum atomic E-state index is -0.454. The Morgan fingerprint density at radius 2 is 2.24 bits per heavy atom. The minimum absolute atomic E-state index is 0.0559. The van der Waals surface area contributed by atoms with Gasteiger partial charge in [-0.3, -0.25) is 9.59 Å². The zero-order valence-corrected chi connectivity index (χ0v) is 10.3. The number of amides is 1. The van der Waals surface area contributed by atoms with Crippen LogP contribution < -0.4 is 5.73 Å². The summed E-state index contributed by atoms with van der Waals surface area (Å²) in [6, 6.07) is -0.454. The van der Waals surface area contributed by atoms with E-state index in [1.807, 2.05) is 0 Å². The second-order valence-electron chi connectivity index (χ2n) is 4.95. The molecule has 1 spiro atoms. The molecular formula is C12H20N2O3. The van der Waals surface area contributed by atoms with Gasteiger partial charge in [0.05, 0.1) is 12.6 Å². The third-order valence-corrected chi connectivity index (χ3v) is 3.73. The van der Waals surface area contributed by atoms with Crippen molar-refractivity contribution in [1.82, 2.24) is 4.90 Å². The lowest BCUT2D eigenvalue weighted by atomic mass is 10.1. The van der Waals surface area contributed by atoms with Crippen LogP contribution in [0, 0.1) is 0 Å². The van der Waals surface area contributed by atoms with Crippen LogP contribution in [0.25, 0.3) is 0 Å². The highest BCUT2D eigenvalue weighted by molar-refractivity contribution is 5.87. The van der Waals surface area contributed by atoms with E-state index in [0.29, 0.717) is 6.61 Å². The van der Waals surface area contributed by atoms with Gasteiger partial charge in [0.1, 0.15) is 6.54 Å². The maximum absolute atomic E-state index is 12.1. The molecule has 0 aromatic rings. The van der Waals surface area contributed by atoms with Gasteiger partial charge in [0.2, 0.25) is 5.91 Å². The molecular weight excluding hydrogens is 220 g/mol. The molecule has 1 amide bonds. The van der Waals surface area contributed by atoms with Crippen molar-refractivity contribution in [1.29, 1.82) is 0 Å². The third kappa shape index (κ3) is 2.44. The van der Waals surface area contributed by atoms with Crippen molar-refractivity contribution in [3.8, 4) is 0 Å². The van der Waals surface area contributed by atoms with Crippen LogP contribution in [0.1, 0.15) is 39.0 Å². The average Bonchev–Trinajstić information content (AvgIpc) is 3.06. The highest BCUT2D eigenvalue weighted by atomic mass is 16.5. The Balaban J connectivity index is 2.09. The SMILES string of the molecule is CCOC(=O)CN1C(=O)[C@@H](N)CCCC12CC2. The highest BCUT2D eigenvalue weighted by Crippen LogP contribution is 2.47. The van der Waals surface area contributed by atoms with E-state index < -0.39 is 6.04 Å². The summed E-state index contributed by atoms with van der Waals surface area (Å²) >= 11 is 0. The summed E-state index contributed by atoms with van der Waals surface area (Å²) < 4.78 is 4.92. The second kappa shape index (κ2) is 4.64. The molecule has 96 valence electrons. The molecule has 1 saturated heterocycles. The van der Waals surface area contributed by atoms with Crippen molar-refractivity contribution >= 4 is 11.9 Å². The number of hydrogen-bond acceptors (Lipinski definition) is 4. The molecule has 1 aliphatic heterocycles. The van der Waals surface area contributed by atoms with E-state index in [2.05, 4.69) is 0 Å². The number of nitrogens with two attached hydrogens (primary N) is 1. The van der Waals surface area contributed by atoms with Crippen molar-refractivity contribution in [3.05, 3.63) is 0 Å². The molecule has 1 atom stereocenters. The molecule has 0 bridgehead atoms. The van der Waals surface area contributed by atoms with Gasteiger partial charge in [-0.15, -0.1) is 0 Å². The van der Waals surface area contributed by atoms with Crippen LogP contribution >= 0.6 is 0 Å². The van der Waals surface area contributed by atoms with E-state index in [0.717, 1.165) is 32.1 Å². The fourth-order valence-corrected chi connectivity index (χ4v) is 2.59. The molecule has 0 aromatic carbocycles. The fourth-order valence-electron chi connectivity index (χ4n) is 2.59. The smallest absolute Gasteiger partial charge is 0.325 e. The Kier molecular flexibility index (Phi) is 3.38. The van der Waals surface area contributed by atoms with Gasteiger partial charge in [-0.2, -0.15) is 0 Å².